The minimum atomic E-state index is -0.564. The quantitative estimate of drug-likeness (QED) is 0.782. The fraction of sp³-hybridized carbons (Fsp3) is 0.286. The van der Waals surface area contributed by atoms with Gasteiger partial charge in [-0.15, -0.1) is 0 Å². The van der Waals surface area contributed by atoms with E-state index in [1.165, 1.54) is 6.08 Å². The monoisotopic (exact) mass is 349 g/mol. The number of nitrogens with zero attached hydrogens (tertiary/aromatic N) is 2. The molecule has 1 unspecified atom stereocenters. The highest BCUT2D eigenvalue weighted by molar-refractivity contribution is 5.95. The molecule has 1 fully saturated rings. The zero-order chi connectivity index (χ0) is 18.4. The Kier molecular flexibility index (Phi) is 5.79. The van der Waals surface area contributed by atoms with E-state index in [1.54, 1.807) is 25.4 Å². The van der Waals surface area contributed by atoms with Crippen LogP contribution < -0.4 is 5.32 Å². The molecule has 0 radical (unpaired) electrons. The zero-order valence-electron chi connectivity index (χ0n) is 14.8. The number of nitrogens with one attached hydrogen (secondary N) is 1. The lowest BCUT2D eigenvalue weighted by Crippen LogP contribution is -2.47. The van der Waals surface area contributed by atoms with Gasteiger partial charge in [0, 0.05) is 31.1 Å². The van der Waals surface area contributed by atoms with Crippen LogP contribution in [-0.4, -0.2) is 33.8 Å². The summed E-state index contributed by atoms with van der Waals surface area (Å²) in [5.41, 5.74) is 1.99. The highest BCUT2D eigenvalue weighted by Gasteiger charge is 2.34. The highest BCUT2D eigenvalue weighted by Crippen LogP contribution is 2.28. The van der Waals surface area contributed by atoms with Gasteiger partial charge in [0.1, 0.15) is 6.04 Å². The van der Waals surface area contributed by atoms with Crippen LogP contribution in [0.15, 0.2) is 60.9 Å². The van der Waals surface area contributed by atoms with Gasteiger partial charge in [0.05, 0.1) is 0 Å². The van der Waals surface area contributed by atoms with Crippen molar-refractivity contribution in [3.05, 3.63) is 72.1 Å². The van der Waals surface area contributed by atoms with E-state index in [0.29, 0.717) is 6.54 Å². The Morgan fingerprint density at radius 1 is 1.19 bits per heavy atom. The van der Waals surface area contributed by atoms with Crippen LogP contribution in [0.4, 0.5) is 0 Å². The van der Waals surface area contributed by atoms with Crippen LogP contribution in [-0.2, 0) is 16.1 Å². The highest BCUT2D eigenvalue weighted by atomic mass is 16.2. The summed E-state index contributed by atoms with van der Waals surface area (Å²) in [5, 5.41) is 2.77. The number of carbonyl (C=O) groups excluding carboxylic acids is 2. The SMILES string of the molecule is CC(NC(=O)/C=C/c1ccccc1)C(=O)N(Cc1ccncc1)C1CC1. The zero-order valence-corrected chi connectivity index (χ0v) is 14.8. The lowest BCUT2D eigenvalue weighted by atomic mass is 10.2. The van der Waals surface area contributed by atoms with E-state index in [9.17, 15) is 9.59 Å². The molecule has 134 valence electrons. The normalized spacial score (nSPS) is 14.8. The van der Waals surface area contributed by atoms with Gasteiger partial charge in [-0.25, -0.2) is 0 Å². The second-order valence-electron chi connectivity index (χ2n) is 6.53. The summed E-state index contributed by atoms with van der Waals surface area (Å²) in [6.45, 7) is 2.28. The summed E-state index contributed by atoms with van der Waals surface area (Å²) in [5.74, 6) is -0.319. The first-order chi connectivity index (χ1) is 12.6. The van der Waals surface area contributed by atoms with E-state index in [0.717, 1.165) is 24.0 Å². The Balaban J connectivity index is 1.58. The standard InChI is InChI=1S/C21H23N3O2/c1-16(23-20(25)10-7-17-5-3-2-4-6-17)21(26)24(19-8-9-19)15-18-11-13-22-14-12-18/h2-7,10-14,16,19H,8-9,15H2,1H3,(H,23,25)/b10-7+. The van der Waals surface area contributed by atoms with E-state index < -0.39 is 6.04 Å². The van der Waals surface area contributed by atoms with Gasteiger partial charge in [0.2, 0.25) is 11.8 Å². The number of amides is 2. The topological polar surface area (TPSA) is 62.3 Å². The summed E-state index contributed by atoms with van der Waals surface area (Å²) in [6, 6.07) is 13.1. The maximum absolute atomic E-state index is 12.8. The van der Waals surface area contributed by atoms with Crippen molar-refractivity contribution in [1.82, 2.24) is 15.2 Å². The van der Waals surface area contributed by atoms with Crippen LogP contribution in [0.25, 0.3) is 6.08 Å². The molecule has 1 saturated carbocycles. The molecule has 0 saturated heterocycles. The molecule has 2 aromatic rings. The van der Waals surface area contributed by atoms with Gasteiger partial charge in [-0.3, -0.25) is 14.6 Å². The molecule has 5 nitrogen and oxygen atoms in total. The predicted molar refractivity (Wildman–Crippen MR) is 101 cm³/mol. The van der Waals surface area contributed by atoms with E-state index in [1.807, 2.05) is 47.4 Å². The third-order valence-electron chi connectivity index (χ3n) is 4.33. The molecular weight excluding hydrogens is 326 g/mol. The fourth-order valence-electron chi connectivity index (χ4n) is 2.77. The van der Waals surface area contributed by atoms with E-state index >= 15 is 0 Å². The van der Waals surface area contributed by atoms with Gasteiger partial charge >= 0.3 is 0 Å². The minimum absolute atomic E-state index is 0.0502. The van der Waals surface area contributed by atoms with E-state index in [4.69, 9.17) is 0 Å². The molecule has 5 heteroatoms. The maximum Gasteiger partial charge on any atom is 0.245 e. The summed E-state index contributed by atoms with van der Waals surface area (Å²) in [6.07, 6.45) is 8.69. The lowest BCUT2D eigenvalue weighted by molar-refractivity contribution is -0.136. The van der Waals surface area contributed by atoms with Gasteiger partial charge < -0.3 is 10.2 Å². The molecule has 1 aliphatic rings. The second-order valence-corrected chi connectivity index (χ2v) is 6.53. The molecule has 1 aromatic carbocycles. The van der Waals surface area contributed by atoms with Crippen molar-refractivity contribution in [2.75, 3.05) is 0 Å². The number of rotatable bonds is 7. The van der Waals surface area contributed by atoms with Gasteiger partial charge in [-0.1, -0.05) is 30.3 Å². The van der Waals surface area contributed by atoms with Crippen LogP contribution in [0.5, 0.6) is 0 Å². The van der Waals surface area contributed by atoms with E-state index in [-0.39, 0.29) is 17.9 Å². The minimum Gasteiger partial charge on any atom is -0.341 e. The Labute approximate surface area is 153 Å². The molecule has 0 spiro atoms. The number of aromatic nitrogens is 1. The molecule has 1 atom stereocenters. The molecule has 1 N–H and O–H groups in total. The van der Waals surface area contributed by atoms with Gasteiger partial charge in [-0.2, -0.15) is 0 Å². The third kappa shape index (κ3) is 5.02. The average Bonchev–Trinajstić information content (AvgIpc) is 3.50. The molecule has 26 heavy (non-hydrogen) atoms. The first-order valence-electron chi connectivity index (χ1n) is 8.86. The smallest absolute Gasteiger partial charge is 0.245 e. The number of benzene rings is 1. The third-order valence-corrected chi connectivity index (χ3v) is 4.33. The van der Waals surface area contributed by atoms with Gasteiger partial charge in [0.15, 0.2) is 0 Å². The van der Waals surface area contributed by atoms with Gasteiger partial charge in [-0.05, 0) is 49.1 Å². The van der Waals surface area contributed by atoms with Crippen molar-refractivity contribution in [1.29, 1.82) is 0 Å². The first kappa shape index (κ1) is 17.9. The fourth-order valence-corrected chi connectivity index (χ4v) is 2.77. The summed E-state index contributed by atoms with van der Waals surface area (Å²) in [7, 11) is 0. The van der Waals surface area contributed by atoms with Crippen molar-refractivity contribution in [3.63, 3.8) is 0 Å². The first-order valence-corrected chi connectivity index (χ1v) is 8.86. The maximum atomic E-state index is 12.8. The summed E-state index contributed by atoms with van der Waals surface area (Å²) in [4.78, 5) is 30.8. The number of carbonyl (C=O) groups is 2. The van der Waals surface area contributed by atoms with Crippen LogP contribution in [0.2, 0.25) is 0 Å². The molecule has 1 aromatic heterocycles. The van der Waals surface area contributed by atoms with Crippen LogP contribution in [0.3, 0.4) is 0 Å². The van der Waals surface area contributed by atoms with Crippen molar-refractivity contribution < 1.29 is 9.59 Å². The molecule has 3 rings (SSSR count). The van der Waals surface area contributed by atoms with Crippen molar-refractivity contribution in [3.8, 4) is 0 Å². The Hall–Kier alpha value is -2.95. The molecule has 1 aliphatic carbocycles. The van der Waals surface area contributed by atoms with Crippen LogP contribution >= 0.6 is 0 Å². The average molecular weight is 349 g/mol. The van der Waals surface area contributed by atoms with Crippen molar-refractivity contribution in [2.45, 2.75) is 38.4 Å². The van der Waals surface area contributed by atoms with Gasteiger partial charge in [0.25, 0.3) is 0 Å². The predicted octanol–water partition coefficient (Wildman–Crippen LogP) is 2.79. The summed E-state index contributed by atoms with van der Waals surface area (Å²) < 4.78 is 0. The van der Waals surface area contributed by atoms with Crippen molar-refractivity contribution in [2.24, 2.45) is 0 Å². The van der Waals surface area contributed by atoms with Crippen LogP contribution in [0, 0.1) is 0 Å². The number of pyridine rings is 1. The second kappa shape index (κ2) is 8.43. The van der Waals surface area contributed by atoms with Crippen LogP contribution in [0.1, 0.15) is 30.9 Å². The van der Waals surface area contributed by atoms with Crippen molar-refractivity contribution >= 4 is 17.9 Å². The van der Waals surface area contributed by atoms with E-state index in [2.05, 4.69) is 10.3 Å². The molecular formula is C21H23N3O2. The Bertz CT molecular complexity index is 770. The molecule has 0 aliphatic heterocycles. The number of hydrogen-bond acceptors (Lipinski definition) is 3. The molecule has 1 heterocycles. The molecule has 2 amide bonds. The summed E-state index contributed by atoms with van der Waals surface area (Å²) >= 11 is 0. The number of hydrogen-bond donors (Lipinski definition) is 1. The Morgan fingerprint density at radius 2 is 1.88 bits per heavy atom. The molecule has 0 bridgehead atoms. The Morgan fingerprint density at radius 3 is 2.54 bits per heavy atom. The largest absolute Gasteiger partial charge is 0.341 e. The lowest BCUT2D eigenvalue weighted by Gasteiger charge is -2.26.